The van der Waals surface area contributed by atoms with E-state index in [0.29, 0.717) is 71.2 Å². The predicted octanol–water partition coefficient (Wildman–Crippen LogP) is 1.55. The van der Waals surface area contributed by atoms with Gasteiger partial charge in [0.15, 0.2) is 23.5 Å². The largest absolute Gasteiger partial charge is 0.481 e. The molecule has 4 amide bonds. The Hall–Kier alpha value is -4.85. The van der Waals surface area contributed by atoms with E-state index in [2.05, 4.69) is 22.9 Å². The van der Waals surface area contributed by atoms with Gasteiger partial charge in [0.05, 0.1) is 31.5 Å². The number of aliphatic hydroxyl groups is 2. The fraction of sp³-hybridized carbons (Fsp3) is 0.660. The molecule has 1 aromatic rings. The van der Waals surface area contributed by atoms with Crippen molar-refractivity contribution in [3.8, 4) is 0 Å². The van der Waals surface area contributed by atoms with Crippen LogP contribution in [0.15, 0.2) is 48.1 Å². The second-order valence-electron chi connectivity index (χ2n) is 20.9. The number of hydrogen-bond acceptors (Lipinski definition) is 13. The van der Waals surface area contributed by atoms with Crippen molar-refractivity contribution in [1.82, 2.24) is 20.9 Å². The number of benzene rings is 1. The number of allylic oxidation sites excluding steroid dienone is 4. The normalized spacial score (nSPS) is 33.8. The maximum atomic E-state index is 14.0. The molecule has 7 aliphatic rings. The number of fused-ring (bicyclic) bond motifs is 7. The molecule has 0 bridgehead atoms. The minimum absolute atomic E-state index is 0.0150. The van der Waals surface area contributed by atoms with E-state index in [1.807, 2.05) is 37.3 Å². The van der Waals surface area contributed by atoms with Gasteiger partial charge in [-0.05, 0) is 100 Å². The van der Waals surface area contributed by atoms with Crippen molar-refractivity contribution in [3.05, 3.63) is 59.2 Å². The number of carbonyl (C=O) groups excluding carboxylic acids is 6. The average molecular weight is 946 g/mol. The molecule has 68 heavy (non-hydrogen) atoms. The van der Waals surface area contributed by atoms with Crippen molar-refractivity contribution in [3.63, 3.8) is 0 Å². The van der Waals surface area contributed by atoms with Crippen LogP contribution in [-0.4, -0.2) is 137 Å². The maximum Gasteiger partial charge on any atom is 0.303 e. The number of carbonyl (C=O) groups is 7. The van der Waals surface area contributed by atoms with E-state index in [0.717, 1.165) is 29.5 Å². The Morgan fingerprint density at radius 3 is 2.44 bits per heavy atom. The maximum absolute atomic E-state index is 14.0. The molecule has 370 valence electrons. The lowest BCUT2D eigenvalue weighted by Gasteiger charge is -2.59. The molecule has 3 heterocycles. The van der Waals surface area contributed by atoms with Gasteiger partial charge in [0, 0.05) is 54.2 Å². The molecule has 0 aromatic heterocycles. The number of nitrogens with two attached hydrogens (primary N) is 1. The zero-order valence-corrected chi connectivity index (χ0v) is 39.2. The lowest BCUT2D eigenvalue weighted by molar-refractivity contribution is -0.201. The summed E-state index contributed by atoms with van der Waals surface area (Å²) in [5.74, 6) is -3.75. The summed E-state index contributed by atoms with van der Waals surface area (Å²) in [5.41, 5.74) is 5.28. The van der Waals surface area contributed by atoms with Crippen LogP contribution in [0.3, 0.4) is 0 Å². The van der Waals surface area contributed by atoms with Crippen LogP contribution < -0.4 is 21.7 Å². The molecular weight excluding hydrogens is 879 g/mol. The standard InChI is InChI=1S/C50H67N5O13/c1-28(57)53-36(6-4-5-17-51)44(64)52-23-41(61)54-37(13-14-42(62)63)45(65)55-25-49(26-55)21-33(66-27-49)18-29-7-9-30(10-8-29)46-67-40-20-35-34-12-11-31-19-32(58)15-16-47(31,2)43(34)38(59)22-48(35,3)50(40,68-46)39(60)24-56/h7-10,15-16,19,33-38,40,43,46,56,59H,4-6,11-14,17-18,20-27,51H2,1-3H3,(H,52,64)(H,53,57)(H,54,61)(H,62,63)/t33?,34-,35-,36-,37-,38-,40+,43+,46+,47-,48-,50+/m0/s1. The molecule has 12 atom stereocenters. The van der Waals surface area contributed by atoms with Gasteiger partial charge in [-0.1, -0.05) is 49.8 Å². The number of ketones is 2. The number of nitrogens with one attached hydrogen (secondary N) is 3. The lowest BCUT2D eigenvalue weighted by Crippen LogP contribution is -2.63. The van der Waals surface area contributed by atoms with Crippen LogP contribution >= 0.6 is 0 Å². The first-order valence-electron chi connectivity index (χ1n) is 24.2. The molecule has 3 saturated carbocycles. The number of nitrogens with zero attached hydrogens (tertiary/aromatic N) is 1. The highest BCUT2D eigenvalue weighted by Crippen LogP contribution is 2.70. The fourth-order valence-corrected chi connectivity index (χ4v) is 13.4. The van der Waals surface area contributed by atoms with Crippen LogP contribution in [0.25, 0.3) is 0 Å². The fourth-order valence-electron chi connectivity index (χ4n) is 13.4. The number of carboxylic acids is 1. The van der Waals surface area contributed by atoms with Gasteiger partial charge in [-0.25, -0.2) is 0 Å². The Labute approximate surface area is 396 Å². The smallest absolute Gasteiger partial charge is 0.303 e. The summed E-state index contributed by atoms with van der Waals surface area (Å²) < 4.78 is 19.7. The number of aliphatic carboxylic acids is 1. The molecule has 6 fully saturated rings. The first-order chi connectivity index (χ1) is 32.3. The summed E-state index contributed by atoms with van der Waals surface area (Å²) in [6, 6.07) is 5.78. The molecule has 1 unspecified atom stereocenters. The highest BCUT2D eigenvalue weighted by Gasteiger charge is 2.76. The van der Waals surface area contributed by atoms with Crippen molar-refractivity contribution < 1.29 is 63.1 Å². The zero-order chi connectivity index (χ0) is 48.8. The van der Waals surface area contributed by atoms with Gasteiger partial charge in [0.25, 0.3) is 0 Å². The van der Waals surface area contributed by atoms with Gasteiger partial charge in [0.2, 0.25) is 23.6 Å². The van der Waals surface area contributed by atoms with Gasteiger partial charge >= 0.3 is 5.97 Å². The molecule has 18 heteroatoms. The van der Waals surface area contributed by atoms with E-state index in [1.165, 1.54) is 6.92 Å². The van der Waals surface area contributed by atoms with Crippen molar-refractivity contribution in [1.29, 1.82) is 0 Å². The minimum Gasteiger partial charge on any atom is -0.481 e. The van der Waals surface area contributed by atoms with Gasteiger partial charge in [-0.2, -0.15) is 0 Å². The van der Waals surface area contributed by atoms with Gasteiger partial charge in [-0.3, -0.25) is 33.6 Å². The van der Waals surface area contributed by atoms with E-state index >= 15 is 0 Å². The Kier molecular flexibility index (Phi) is 14.2. The number of Topliss-reactive ketones (excluding diaryl/α,β-unsaturated/α-hetero) is 1. The second-order valence-corrected chi connectivity index (χ2v) is 20.9. The Morgan fingerprint density at radius 2 is 1.75 bits per heavy atom. The van der Waals surface area contributed by atoms with E-state index in [1.54, 1.807) is 17.1 Å². The topological polar surface area (TPSA) is 273 Å². The summed E-state index contributed by atoms with van der Waals surface area (Å²) in [6.45, 7) is 5.82. The van der Waals surface area contributed by atoms with Crippen LogP contribution in [0.5, 0.6) is 0 Å². The van der Waals surface area contributed by atoms with Gasteiger partial charge in [-0.15, -0.1) is 0 Å². The molecular formula is C50H67N5O13. The summed E-state index contributed by atoms with van der Waals surface area (Å²) in [4.78, 5) is 90.4. The number of ether oxygens (including phenoxy) is 3. The quantitative estimate of drug-likeness (QED) is 0.103. The highest BCUT2D eigenvalue weighted by molar-refractivity contribution is 6.01. The van der Waals surface area contributed by atoms with Crippen molar-refractivity contribution in [2.75, 3.05) is 39.4 Å². The number of carboxylic acid groups (broad SMARTS) is 1. The SMILES string of the molecule is CC(=O)N[C@@H](CCCCN)C(=O)NCC(=O)N[C@@H](CCC(=O)O)C(=O)N1CC2(COC(Cc3ccc([C@@H]4O[C@@H]5C[C@H]6[C@@H]7CCC8=CC(=O)C=C[C@]8(C)[C@H]7[C@@H](O)C[C@]6(C)[C@]5(C(=O)CO)O4)cc3)C2)C1. The molecule has 1 aromatic carbocycles. The third-order valence-corrected chi connectivity index (χ3v) is 16.5. The number of hydrogen-bond donors (Lipinski definition) is 7. The van der Waals surface area contributed by atoms with Gasteiger partial charge < -0.3 is 56.1 Å². The summed E-state index contributed by atoms with van der Waals surface area (Å²) in [5, 5.41) is 39.4. The third-order valence-electron chi connectivity index (χ3n) is 16.5. The number of likely N-dealkylation sites (tertiary alicyclic amines) is 1. The van der Waals surface area contributed by atoms with E-state index < -0.39 is 95.5 Å². The van der Waals surface area contributed by atoms with Crippen LogP contribution in [0.2, 0.25) is 0 Å². The molecule has 0 radical (unpaired) electrons. The van der Waals surface area contributed by atoms with Crippen LogP contribution in [0.4, 0.5) is 0 Å². The van der Waals surface area contributed by atoms with Gasteiger partial charge in [0.1, 0.15) is 18.7 Å². The molecule has 4 aliphatic carbocycles. The minimum atomic E-state index is -1.45. The monoisotopic (exact) mass is 945 g/mol. The molecule has 1 spiro atoms. The number of aliphatic hydroxyl groups excluding tert-OH is 2. The van der Waals surface area contributed by atoms with E-state index in [4.69, 9.17) is 19.9 Å². The Bertz CT molecular complexity index is 2230. The van der Waals surface area contributed by atoms with Crippen LogP contribution in [0, 0.1) is 34.0 Å². The number of unbranched alkanes of at least 4 members (excludes halogenated alkanes) is 1. The predicted molar refractivity (Wildman–Crippen MR) is 243 cm³/mol. The van der Waals surface area contributed by atoms with Crippen LogP contribution in [0.1, 0.15) is 102 Å². The van der Waals surface area contributed by atoms with Crippen molar-refractivity contribution in [2.24, 2.45) is 39.7 Å². The van der Waals surface area contributed by atoms with Crippen molar-refractivity contribution in [2.45, 2.75) is 134 Å². The highest BCUT2D eigenvalue weighted by atomic mass is 16.7. The molecule has 3 saturated heterocycles. The van der Waals surface area contributed by atoms with E-state index in [9.17, 15) is 48.9 Å². The van der Waals surface area contributed by atoms with Crippen LogP contribution in [-0.2, 0) is 54.2 Å². The Balaban J connectivity index is 0.851. The first kappa shape index (κ1) is 49.6. The Morgan fingerprint density at radius 1 is 1.00 bits per heavy atom. The zero-order valence-electron chi connectivity index (χ0n) is 39.2. The number of rotatable bonds is 18. The average Bonchev–Trinajstić information content (AvgIpc) is 3.96. The molecule has 3 aliphatic heterocycles. The third kappa shape index (κ3) is 9.19. The molecule has 8 rings (SSSR count). The molecule has 8 N–H and O–H groups in total. The molecule has 18 nitrogen and oxygen atoms in total. The summed E-state index contributed by atoms with van der Waals surface area (Å²) in [7, 11) is 0. The second kappa shape index (κ2) is 19.5. The van der Waals surface area contributed by atoms with E-state index in [-0.39, 0.29) is 47.9 Å². The number of amides is 4. The van der Waals surface area contributed by atoms with Crippen molar-refractivity contribution >= 4 is 41.2 Å². The lowest BCUT2D eigenvalue weighted by atomic mass is 9.46. The first-order valence-corrected chi connectivity index (χ1v) is 24.2. The summed E-state index contributed by atoms with van der Waals surface area (Å²) >= 11 is 0. The summed E-state index contributed by atoms with van der Waals surface area (Å²) in [6.07, 6.45) is 7.56.